The van der Waals surface area contributed by atoms with Gasteiger partial charge in [0.25, 0.3) is 5.09 Å². The Balaban J connectivity index is -0.0000000450. The Kier molecular flexibility index (Phi) is 24.4. The van der Waals surface area contributed by atoms with Gasteiger partial charge in [0.15, 0.2) is 0 Å². The van der Waals surface area contributed by atoms with Gasteiger partial charge in [-0.2, -0.15) is 0 Å². The molecule has 0 aliphatic heterocycles. The topological polar surface area (TPSA) is 63.4 Å². The van der Waals surface area contributed by atoms with Crippen LogP contribution in [-0.4, -0.2) is 10.3 Å². The minimum Gasteiger partial charge on any atom is -0.328 e. The molecule has 0 unspecified atom stereocenters. The third-order valence-electron chi connectivity index (χ3n) is 0. The normalized spacial score (nSPS) is 4.00. The van der Waals surface area contributed by atoms with Gasteiger partial charge in [-0.05, 0) is 0 Å². The van der Waals surface area contributed by atoms with E-state index in [9.17, 15) is 0 Å². The van der Waals surface area contributed by atoms with E-state index < -0.39 is 5.09 Å². The second kappa shape index (κ2) is 8.96. The minimum atomic E-state index is -1.50. The molecule has 0 fully saturated rings. The van der Waals surface area contributed by atoms with Crippen LogP contribution in [0.1, 0.15) is 0 Å². The number of hydrogen-bond donors (Lipinski definition) is 1. The van der Waals surface area contributed by atoms with Gasteiger partial charge in [0.05, 0.1) is 0 Å². The molecule has 4 nitrogen and oxygen atoms in total. The molecule has 43 valence electrons. The molecule has 1 radical (unpaired) electrons. The van der Waals surface area contributed by atoms with Crippen molar-refractivity contribution in [1.82, 2.24) is 0 Å². The van der Waals surface area contributed by atoms with Gasteiger partial charge in [-0.25, -0.2) is 0 Å². The summed E-state index contributed by atoms with van der Waals surface area (Å²) < 4.78 is 0. The Labute approximate surface area is 54.1 Å². The first-order valence-electron chi connectivity index (χ1n) is 0.565. The summed E-state index contributed by atoms with van der Waals surface area (Å²) in [6, 6.07) is 0. The van der Waals surface area contributed by atoms with Gasteiger partial charge in [0.1, 0.15) is 0 Å². The van der Waals surface area contributed by atoms with E-state index in [-0.39, 0.29) is 33.3 Å². The van der Waals surface area contributed by atoms with Gasteiger partial charge in [-0.3, -0.25) is 0 Å². The van der Waals surface area contributed by atoms with Crippen molar-refractivity contribution >= 4 is 0 Å². The Hall–Kier alpha value is 0.200. The molecule has 0 aliphatic carbocycles. The minimum absolute atomic E-state index is 0. The first kappa shape index (κ1) is 16.4. The molecule has 0 bridgehead atoms. The van der Waals surface area contributed by atoms with Crippen molar-refractivity contribution in [3.05, 3.63) is 10.1 Å². The smallest absolute Gasteiger partial charge is 0.291 e. The molecule has 6 heavy (non-hydrogen) atoms. The predicted octanol–water partition coefficient (Wildman–Crippen LogP) is -0.353. The molecule has 0 atom stereocenters. The maximum atomic E-state index is 8.36. The summed E-state index contributed by atoms with van der Waals surface area (Å²) in [5.74, 6) is 0. The van der Waals surface area contributed by atoms with Crippen LogP contribution in [0.4, 0.5) is 0 Å². The van der Waals surface area contributed by atoms with Gasteiger partial charge >= 0.3 is 0 Å². The number of nitrogens with zero attached hydrogens (tertiary/aromatic N) is 1. The predicted molar refractivity (Wildman–Crippen MR) is 8.78 cm³/mol. The van der Waals surface area contributed by atoms with Crippen LogP contribution in [0, 0.1) is 10.1 Å². The second-order valence-electron chi connectivity index (χ2n) is 0.238. The largest absolute Gasteiger partial charge is 0.328 e. The zero-order valence-electron chi connectivity index (χ0n) is 2.36. The van der Waals surface area contributed by atoms with Crippen molar-refractivity contribution in [2.24, 2.45) is 0 Å². The van der Waals surface area contributed by atoms with Crippen LogP contribution in [0.2, 0.25) is 0 Å². The van der Waals surface area contributed by atoms with E-state index in [0.717, 1.165) is 0 Å². The molecule has 1 N–H and O–H groups in total. The van der Waals surface area contributed by atoms with E-state index in [4.69, 9.17) is 15.3 Å². The molecule has 0 heterocycles. The summed E-state index contributed by atoms with van der Waals surface area (Å²) in [5.41, 5.74) is 0. The fourth-order valence-electron chi connectivity index (χ4n) is 0. The van der Waals surface area contributed by atoms with Crippen molar-refractivity contribution in [2.75, 3.05) is 0 Å². The SMILES string of the molecule is O=[N+]([O-])O.[Co].[Ni]. The fourth-order valence-corrected chi connectivity index (χ4v) is 0. The molecule has 0 aromatic carbocycles. The summed E-state index contributed by atoms with van der Waals surface area (Å²) in [6.45, 7) is 0. The van der Waals surface area contributed by atoms with Crippen LogP contribution in [0.3, 0.4) is 0 Å². The average molecular weight is 181 g/mol. The second-order valence-corrected chi connectivity index (χ2v) is 0.238. The van der Waals surface area contributed by atoms with Crippen molar-refractivity contribution in [2.45, 2.75) is 0 Å². The molecule has 0 aromatic heterocycles. The summed E-state index contributed by atoms with van der Waals surface area (Å²) in [6.07, 6.45) is 0. The van der Waals surface area contributed by atoms with Gasteiger partial charge in [-0.15, -0.1) is 10.1 Å². The van der Waals surface area contributed by atoms with Crippen molar-refractivity contribution in [1.29, 1.82) is 0 Å². The zero-order chi connectivity index (χ0) is 3.58. The van der Waals surface area contributed by atoms with Crippen LogP contribution in [0.5, 0.6) is 0 Å². The van der Waals surface area contributed by atoms with E-state index in [0.29, 0.717) is 0 Å². The van der Waals surface area contributed by atoms with E-state index in [1.807, 2.05) is 0 Å². The van der Waals surface area contributed by atoms with E-state index in [1.165, 1.54) is 0 Å². The molecule has 0 aliphatic rings. The van der Waals surface area contributed by atoms with Crippen molar-refractivity contribution in [3.63, 3.8) is 0 Å². The standard InChI is InChI=1S/Co.HNO3.Ni/c;2-1(3)4;/h;(H,2,3,4);. The van der Waals surface area contributed by atoms with Crippen LogP contribution in [0.15, 0.2) is 0 Å². The molecule has 0 saturated heterocycles. The van der Waals surface area contributed by atoms with Gasteiger partial charge in [0.2, 0.25) is 0 Å². The maximum Gasteiger partial charge on any atom is 0.291 e. The van der Waals surface area contributed by atoms with Crippen LogP contribution in [-0.2, 0) is 33.3 Å². The number of hydrogen-bond acceptors (Lipinski definition) is 2. The van der Waals surface area contributed by atoms with Gasteiger partial charge < -0.3 is 5.21 Å². The Bertz CT molecular complexity index is 33.8. The first-order chi connectivity index (χ1) is 1.73. The molecular weight excluding hydrogens is 180 g/mol. The molecule has 0 amide bonds. The van der Waals surface area contributed by atoms with Crippen molar-refractivity contribution in [3.8, 4) is 0 Å². The summed E-state index contributed by atoms with van der Waals surface area (Å²) in [4.78, 5) is 8.36. The molecule has 0 saturated carbocycles. The van der Waals surface area contributed by atoms with Crippen LogP contribution in [0.25, 0.3) is 0 Å². The monoisotopic (exact) mass is 180 g/mol. The molecule has 0 spiro atoms. The number of rotatable bonds is 0. The zero-order valence-corrected chi connectivity index (χ0v) is 4.39. The quantitative estimate of drug-likeness (QED) is 0.315. The van der Waals surface area contributed by atoms with E-state index in [2.05, 4.69) is 0 Å². The van der Waals surface area contributed by atoms with Crippen LogP contribution >= 0.6 is 0 Å². The first-order valence-corrected chi connectivity index (χ1v) is 0.565. The van der Waals surface area contributed by atoms with Crippen LogP contribution < -0.4 is 0 Å². The Morgan fingerprint density at radius 3 is 1.67 bits per heavy atom. The average Bonchev–Trinajstić information content (AvgIpc) is 0.811. The fraction of sp³-hybridized carbons (Fsp3) is 0. The third kappa shape index (κ3) is 1080. The summed E-state index contributed by atoms with van der Waals surface area (Å²) >= 11 is 0. The molecular formula is HCoNNiO3. The molecule has 6 heteroatoms. The summed E-state index contributed by atoms with van der Waals surface area (Å²) in [7, 11) is 0. The van der Waals surface area contributed by atoms with E-state index >= 15 is 0 Å². The third-order valence-corrected chi connectivity index (χ3v) is 0. The van der Waals surface area contributed by atoms with Gasteiger partial charge in [0, 0.05) is 33.3 Å². The van der Waals surface area contributed by atoms with Gasteiger partial charge in [-0.1, -0.05) is 0 Å². The molecule has 0 rings (SSSR count). The Morgan fingerprint density at radius 1 is 1.67 bits per heavy atom. The summed E-state index contributed by atoms with van der Waals surface area (Å²) in [5, 5.41) is 13.6. The van der Waals surface area contributed by atoms with Crippen molar-refractivity contribution < 1.29 is 43.6 Å². The molecule has 0 aromatic rings. The Morgan fingerprint density at radius 2 is 1.67 bits per heavy atom. The maximum absolute atomic E-state index is 8.36. The van der Waals surface area contributed by atoms with E-state index in [1.54, 1.807) is 0 Å².